The smallest absolute Gasteiger partial charge is 0.191 e. The fourth-order valence-electron chi connectivity index (χ4n) is 1.08. The number of halogens is 1. The van der Waals surface area contributed by atoms with Gasteiger partial charge in [0.2, 0.25) is 0 Å². The summed E-state index contributed by atoms with van der Waals surface area (Å²) < 4.78 is 21.8. The van der Waals surface area contributed by atoms with Gasteiger partial charge in [0.25, 0.3) is 0 Å². The van der Waals surface area contributed by atoms with Crippen LogP contribution in [0.3, 0.4) is 0 Å². The lowest BCUT2D eigenvalue weighted by molar-refractivity contribution is 0.501. The summed E-state index contributed by atoms with van der Waals surface area (Å²) in [6.45, 7) is 6.71. The molecule has 5 nitrogen and oxygen atoms in total. The third-order valence-corrected chi connectivity index (χ3v) is 2.73. The summed E-state index contributed by atoms with van der Waals surface area (Å²) in [6.07, 6.45) is 1.83. The molecule has 0 saturated heterocycles. The molecule has 0 amide bonds. The number of sulfone groups is 1. The largest absolute Gasteiger partial charge is 0.356 e. The maximum absolute atomic E-state index is 10.9. The van der Waals surface area contributed by atoms with Crippen LogP contribution in [-0.2, 0) is 9.84 Å². The van der Waals surface area contributed by atoms with Crippen LogP contribution in [0.1, 0.15) is 27.2 Å². The van der Waals surface area contributed by atoms with Gasteiger partial charge in [0.1, 0.15) is 9.84 Å². The van der Waals surface area contributed by atoms with E-state index < -0.39 is 9.84 Å². The number of aliphatic imine (C=N–C) groups is 1. The molecule has 0 fully saturated rings. The molecular weight excluding hydrogens is 353 g/mol. The van der Waals surface area contributed by atoms with E-state index in [2.05, 4.69) is 15.6 Å². The van der Waals surface area contributed by atoms with E-state index in [4.69, 9.17) is 0 Å². The Bertz CT molecular complexity index is 334. The van der Waals surface area contributed by atoms with Crippen molar-refractivity contribution in [2.75, 3.05) is 25.6 Å². The average Bonchev–Trinajstić information content (AvgIpc) is 2.06. The highest BCUT2D eigenvalue weighted by Crippen LogP contribution is 1.97. The van der Waals surface area contributed by atoms with Gasteiger partial charge >= 0.3 is 0 Å². The molecular formula is C10H24IN3O2S. The number of nitrogens with zero attached hydrogens (tertiary/aromatic N) is 1. The van der Waals surface area contributed by atoms with E-state index in [1.54, 1.807) is 7.05 Å². The van der Waals surface area contributed by atoms with E-state index in [1.165, 1.54) is 6.26 Å². The molecule has 0 spiro atoms. The normalized spacial score (nSPS) is 12.9. The van der Waals surface area contributed by atoms with Crippen molar-refractivity contribution >= 4 is 39.8 Å². The van der Waals surface area contributed by atoms with Crippen molar-refractivity contribution in [3.8, 4) is 0 Å². The Balaban J connectivity index is 0. The maximum atomic E-state index is 10.9. The predicted molar refractivity (Wildman–Crippen MR) is 84.0 cm³/mol. The van der Waals surface area contributed by atoms with Gasteiger partial charge in [0.15, 0.2) is 5.96 Å². The molecule has 7 heteroatoms. The second kappa shape index (κ2) is 8.12. The number of guanidine groups is 1. The van der Waals surface area contributed by atoms with Crippen molar-refractivity contribution in [1.82, 2.24) is 10.6 Å². The van der Waals surface area contributed by atoms with Crippen molar-refractivity contribution in [3.63, 3.8) is 0 Å². The molecule has 0 aromatic rings. The lowest BCUT2D eigenvalue weighted by atomic mass is 10.1. The third kappa shape index (κ3) is 13.9. The molecule has 2 N–H and O–H groups in total. The van der Waals surface area contributed by atoms with Gasteiger partial charge in [0, 0.05) is 25.4 Å². The minimum atomic E-state index is -2.86. The molecule has 0 aliphatic carbocycles. The first-order chi connectivity index (χ1) is 7.14. The summed E-state index contributed by atoms with van der Waals surface area (Å²) in [7, 11) is -1.17. The van der Waals surface area contributed by atoms with Crippen molar-refractivity contribution in [2.24, 2.45) is 4.99 Å². The summed E-state index contributed by atoms with van der Waals surface area (Å²) >= 11 is 0. The van der Waals surface area contributed by atoms with Gasteiger partial charge in [-0.2, -0.15) is 0 Å². The first-order valence-corrected chi connectivity index (χ1v) is 7.37. The third-order valence-electron chi connectivity index (χ3n) is 1.70. The molecule has 0 aromatic heterocycles. The molecule has 0 aliphatic rings. The first-order valence-electron chi connectivity index (χ1n) is 5.30. The number of rotatable bonds is 4. The van der Waals surface area contributed by atoms with Crippen LogP contribution < -0.4 is 10.6 Å². The predicted octanol–water partition coefficient (Wildman–Crippen LogP) is 1.00. The van der Waals surface area contributed by atoms with Crippen LogP contribution in [0.2, 0.25) is 0 Å². The summed E-state index contributed by atoms with van der Waals surface area (Å²) in [5, 5.41) is 6.27. The van der Waals surface area contributed by atoms with Crippen LogP contribution in [0.15, 0.2) is 4.99 Å². The highest BCUT2D eigenvalue weighted by Gasteiger charge is 2.11. The molecule has 0 aliphatic heterocycles. The maximum Gasteiger partial charge on any atom is 0.191 e. The van der Waals surface area contributed by atoms with E-state index in [0.29, 0.717) is 18.9 Å². The molecule has 104 valence electrons. The summed E-state index contributed by atoms with van der Waals surface area (Å²) in [5.74, 6) is 0.896. The molecule has 0 rings (SSSR count). The Morgan fingerprint density at radius 2 is 1.82 bits per heavy atom. The monoisotopic (exact) mass is 377 g/mol. The lowest BCUT2D eigenvalue weighted by Gasteiger charge is -2.23. The Morgan fingerprint density at radius 3 is 2.18 bits per heavy atom. The van der Waals surface area contributed by atoms with Crippen molar-refractivity contribution in [2.45, 2.75) is 32.7 Å². The topological polar surface area (TPSA) is 70.6 Å². The van der Waals surface area contributed by atoms with Crippen LogP contribution in [0.4, 0.5) is 0 Å². The minimum Gasteiger partial charge on any atom is -0.356 e. The van der Waals surface area contributed by atoms with E-state index in [1.807, 2.05) is 20.8 Å². The van der Waals surface area contributed by atoms with Crippen LogP contribution in [0.5, 0.6) is 0 Å². The van der Waals surface area contributed by atoms with Gasteiger partial charge in [-0.25, -0.2) is 8.42 Å². The summed E-state index contributed by atoms with van der Waals surface area (Å²) in [5.41, 5.74) is -0.0569. The standard InChI is InChI=1S/C10H23N3O2S.HI/c1-10(2,3)13-9(11-4)12-7-6-8-16(5,14)15;/h6-8H2,1-5H3,(H2,11,12,13);1H. The first kappa shape index (κ1) is 19.3. The van der Waals surface area contributed by atoms with E-state index >= 15 is 0 Å². The SMILES string of the molecule is CN=C(NCCCS(C)(=O)=O)NC(C)(C)C.I. The second-order valence-electron chi connectivity index (χ2n) is 4.86. The molecule has 0 bridgehead atoms. The van der Waals surface area contributed by atoms with Gasteiger partial charge in [-0.3, -0.25) is 4.99 Å². The number of hydrogen-bond acceptors (Lipinski definition) is 3. The molecule has 0 atom stereocenters. The van der Waals surface area contributed by atoms with Crippen LogP contribution in [0, 0.1) is 0 Å². The van der Waals surface area contributed by atoms with Gasteiger partial charge in [0.05, 0.1) is 5.75 Å². The zero-order valence-electron chi connectivity index (χ0n) is 11.2. The molecule has 0 radical (unpaired) electrons. The van der Waals surface area contributed by atoms with Gasteiger partial charge in [-0.05, 0) is 27.2 Å². The van der Waals surface area contributed by atoms with Crippen molar-refractivity contribution in [1.29, 1.82) is 0 Å². The van der Waals surface area contributed by atoms with Gasteiger partial charge in [-0.1, -0.05) is 0 Å². The van der Waals surface area contributed by atoms with E-state index in [-0.39, 0.29) is 35.3 Å². The zero-order valence-corrected chi connectivity index (χ0v) is 14.3. The summed E-state index contributed by atoms with van der Waals surface area (Å²) in [4.78, 5) is 4.05. The molecule has 0 unspecified atom stereocenters. The van der Waals surface area contributed by atoms with E-state index in [9.17, 15) is 8.42 Å². The second-order valence-corrected chi connectivity index (χ2v) is 7.12. The van der Waals surface area contributed by atoms with Crippen LogP contribution in [-0.4, -0.2) is 45.5 Å². The summed E-state index contributed by atoms with van der Waals surface area (Å²) in [6, 6.07) is 0. The lowest BCUT2D eigenvalue weighted by Crippen LogP contribution is -2.47. The molecule has 0 saturated carbocycles. The Hall–Kier alpha value is -0.0500. The van der Waals surface area contributed by atoms with Crippen LogP contribution >= 0.6 is 24.0 Å². The Morgan fingerprint density at radius 1 is 1.29 bits per heavy atom. The molecule has 0 aromatic carbocycles. The van der Waals surface area contributed by atoms with Gasteiger partial charge < -0.3 is 10.6 Å². The van der Waals surface area contributed by atoms with Crippen molar-refractivity contribution in [3.05, 3.63) is 0 Å². The zero-order chi connectivity index (χ0) is 12.8. The minimum absolute atomic E-state index is 0. The van der Waals surface area contributed by atoms with Gasteiger partial charge in [-0.15, -0.1) is 24.0 Å². The Labute approximate surface area is 122 Å². The number of nitrogens with one attached hydrogen (secondary N) is 2. The van der Waals surface area contributed by atoms with Crippen LogP contribution in [0.25, 0.3) is 0 Å². The number of hydrogen-bond donors (Lipinski definition) is 2. The highest BCUT2D eigenvalue weighted by molar-refractivity contribution is 14.0. The fourth-order valence-corrected chi connectivity index (χ4v) is 1.74. The fraction of sp³-hybridized carbons (Fsp3) is 0.900. The Kier molecular flexibility index (Phi) is 9.22. The highest BCUT2D eigenvalue weighted by atomic mass is 127. The molecule has 17 heavy (non-hydrogen) atoms. The molecule has 0 heterocycles. The van der Waals surface area contributed by atoms with E-state index in [0.717, 1.165) is 0 Å². The quantitative estimate of drug-likeness (QED) is 0.332. The average molecular weight is 377 g/mol. The van der Waals surface area contributed by atoms with Crippen molar-refractivity contribution < 1.29 is 8.42 Å².